The number of hydrogen-bond acceptors (Lipinski definition) is 4. The van der Waals surface area contributed by atoms with Gasteiger partial charge in [-0.3, -0.25) is 5.32 Å². The Morgan fingerprint density at radius 3 is 3.25 bits per heavy atom. The van der Waals surface area contributed by atoms with Crippen LogP contribution in [0.2, 0.25) is 0 Å². The number of aliphatic hydroxyl groups is 1. The number of carbonyl (C=O) groups is 1. The Kier molecular flexibility index (Phi) is 3.31. The van der Waals surface area contributed by atoms with Gasteiger partial charge in [0.05, 0.1) is 12.6 Å². The number of anilines is 1. The summed E-state index contributed by atoms with van der Waals surface area (Å²) in [5.74, 6) is 0.427. The minimum absolute atomic E-state index is 0.00783. The average Bonchev–Trinajstić information content (AvgIpc) is 2.78. The molecule has 1 aromatic rings. The normalized spacial score (nSPS) is 19.8. The molecule has 16 heavy (non-hydrogen) atoms. The van der Waals surface area contributed by atoms with Crippen molar-refractivity contribution in [1.29, 1.82) is 0 Å². The van der Waals surface area contributed by atoms with Gasteiger partial charge in [-0.05, 0) is 25.0 Å². The van der Waals surface area contributed by atoms with Crippen molar-refractivity contribution in [2.75, 3.05) is 18.5 Å². The van der Waals surface area contributed by atoms with Gasteiger partial charge in [-0.2, -0.15) is 5.10 Å². The monoisotopic (exact) mass is 222 g/mol. The second-order valence-corrected chi connectivity index (χ2v) is 3.71. The van der Waals surface area contributed by atoms with Crippen LogP contribution in [0.25, 0.3) is 0 Å². The van der Waals surface area contributed by atoms with Gasteiger partial charge in [0, 0.05) is 12.7 Å². The third-order valence-corrected chi connectivity index (χ3v) is 2.66. The first-order valence-electron chi connectivity index (χ1n) is 5.27. The van der Waals surface area contributed by atoms with Crippen LogP contribution in [0.1, 0.15) is 12.8 Å². The van der Waals surface area contributed by atoms with Crippen LogP contribution in [0.4, 0.5) is 10.6 Å². The van der Waals surface area contributed by atoms with Crippen LogP contribution in [0.3, 0.4) is 0 Å². The van der Waals surface area contributed by atoms with Crippen LogP contribution < -0.4 is 5.32 Å². The lowest BCUT2D eigenvalue weighted by atomic mass is 10.2. The molecule has 1 fully saturated rings. The largest absolute Gasteiger partial charge is 0.394 e. The molecule has 0 saturated carbocycles. The number of nitrogens with zero attached hydrogens (tertiary/aromatic N) is 3. The van der Waals surface area contributed by atoms with E-state index in [9.17, 15) is 4.79 Å². The summed E-state index contributed by atoms with van der Waals surface area (Å²) in [4.78, 5) is 13.5. The van der Waals surface area contributed by atoms with Crippen molar-refractivity contribution in [3.63, 3.8) is 0 Å². The molecule has 0 aliphatic carbocycles. The van der Waals surface area contributed by atoms with Crippen LogP contribution in [-0.4, -0.2) is 45.4 Å². The first-order valence-corrected chi connectivity index (χ1v) is 5.27. The molecule has 0 aromatic carbocycles. The number of aliphatic hydroxyl groups excluding tert-OH is 1. The molecule has 2 amide bonds. The van der Waals surface area contributed by atoms with Gasteiger partial charge in [-0.15, -0.1) is 5.10 Å². The van der Waals surface area contributed by atoms with Crippen LogP contribution in [0, 0.1) is 0 Å². The second kappa shape index (κ2) is 4.89. The van der Waals surface area contributed by atoms with E-state index >= 15 is 0 Å². The van der Waals surface area contributed by atoms with Crippen molar-refractivity contribution in [2.24, 2.45) is 0 Å². The molecule has 0 spiro atoms. The molecule has 0 unspecified atom stereocenters. The maximum atomic E-state index is 11.8. The summed E-state index contributed by atoms with van der Waals surface area (Å²) in [5.41, 5.74) is 0. The number of urea groups is 1. The molecule has 6 heteroatoms. The SMILES string of the molecule is O=C(Nc1cccnn1)N1CCC[C@H]1CO. The third-order valence-electron chi connectivity index (χ3n) is 2.66. The Morgan fingerprint density at radius 2 is 2.56 bits per heavy atom. The summed E-state index contributed by atoms with van der Waals surface area (Å²) in [6.07, 6.45) is 3.32. The molecule has 1 atom stereocenters. The van der Waals surface area contributed by atoms with E-state index in [0.29, 0.717) is 12.4 Å². The fourth-order valence-corrected chi connectivity index (χ4v) is 1.84. The number of nitrogens with one attached hydrogen (secondary N) is 1. The fraction of sp³-hybridized carbons (Fsp3) is 0.500. The molecule has 1 aliphatic rings. The summed E-state index contributed by atoms with van der Waals surface area (Å²) >= 11 is 0. The minimum atomic E-state index is -0.225. The van der Waals surface area contributed by atoms with Gasteiger partial charge in [-0.25, -0.2) is 4.79 Å². The second-order valence-electron chi connectivity index (χ2n) is 3.71. The molecule has 86 valence electrons. The smallest absolute Gasteiger partial charge is 0.323 e. The third kappa shape index (κ3) is 2.27. The van der Waals surface area contributed by atoms with Crippen LogP contribution >= 0.6 is 0 Å². The predicted molar refractivity (Wildman–Crippen MR) is 57.9 cm³/mol. The highest BCUT2D eigenvalue weighted by atomic mass is 16.3. The lowest BCUT2D eigenvalue weighted by Crippen LogP contribution is -2.40. The van der Waals surface area contributed by atoms with E-state index in [1.165, 1.54) is 0 Å². The van der Waals surface area contributed by atoms with Gasteiger partial charge >= 0.3 is 6.03 Å². The van der Waals surface area contributed by atoms with E-state index in [4.69, 9.17) is 5.11 Å². The molecule has 2 heterocycles. The molecule has 2 rings (SSSR count). The molecule has 6 nitrogen and oxygen atoms in total. The lowest BCUT2D eigenvalue weighted by molar-refractivity contribution is 0.166. The van der Waals surface area contributed by atoms with Crippen molar-refractivity contribution in [3.8, 4) is 0 Å². The van der Waals surface area contributed by atoms with Crippen LogP contribution in [-0.2, 0) is 0 Å². The maximum Gasteiger partial charge on any atom is 0.323 e. The van der Waals surface area contributed by atoms with Crippen molar-refractivity contribution in [1.82, 2.24) is 15.1 Å². The average molecular weight is 222 g/mol. The highest BCUT2D eigenvalue weighted by Gasteiger charge is 2.28. The Labute approximate surface area is 93.3 Å². The van der Waals surface area contributed by atoms with Gasteiger partial charge in [0.15, 0.2) is 5.82 Å². The van der Waals surface area contributed by atoms with Crippen molar-refractivity contribution < 1.29 is 9.90 Å². The summed E-state index contributed by atoms with van der Waals surface area (Å²) < 4.78 is 0. The molecule has 0 bridgehead atoms. The van der Waals surface area contributed by atoms with E-state index < -0.39 is 0 Å². The van der Waals surface area contributed by atoms with Crippen molar-refractivity contribution in [3.05, 3.63) is 18.3 Å². The number of hydrogen-bond donors (Lipinski definition) is 2. The number of aromatic nitrogens is 2. The van der Waals surface area contributed by atoms with E-state index in [-0.39, 0.29) is 18.7 Å². The number of rotatable bonds is 2. The Morgan fingerprint density at radius 1 is 1.69 bits per heavy atom. The number of likely N-dealkylation sites (tertiary alicyclic amines) is 1. The summed E-state index contributed by atoms with van der Waals surface area (Å²) in [5, 5.41) is 19.2. The molecule has 0 radical (unpaired) electrons. The minimum Gasteiger partial charge on any atom is -0.394 e. The lowest BCUT2D eigenvalue weighted by Gasteiger charge is -2.22. The molecule has 1 aliphatic heterocycles. The standard InChI is InChI=1S/C10H14N4O2/c15-7-8-3-2-6-14(8)10(16)12-9-4-1-5-11-13-9/h1,4-5,8,15H,2-3,6-7H2,(H,12,13,16)/t8-/m0/s1. The quantitative estimate of drug-likeness (QED) is 0.762. The fourth-order valence-electron chi connectivity index (χ4n) is 1.84. The first-order chi connectivity index (χ1) is 7.81. The van der Waals surface area contributed by atoms with E-state index in [1.807, 2.05) is 0 Å². The first kappa shape index (κ1) is 10.8. The zero-order chi connectivity index (χ0) is 11.4. The van der Waals surface area contributed by atoms with Crippen LogP contribution in [0.5, 0.6) is 0 Å². The summed E-state index contributed by atoms with van der Waals surface area (Å²) in [7, 11) is 0. The van der Waals surface area contributed by atoms with Crippen LogP contribution in [0.15, 0.2) is 18.3 Å². The van der Waals surface area contributed by atoms with E-state index in [2.05, 4.69) is 15.5 Å². The molecule has 2 N–H and O–H groups in total. The highest BCUT2D eigenvalue weighted by molar-refractivity contribution is 5.88. The van der Waals surface area contributed by atoms with Gasteiger partial charge in [0.25, 0.3) is 0 Å². The van der Waals surface area contributed by atoms with Gasteiger partial charge in [-0.1, -0.05) is 0 Å². The topological polar surface area (TPSA) is 78.4 Å². The van der Waals surface area contributed by atoms with Crippen molar-refractivity contribution >= 4 is 11.8 Å². The molecule has 1 saturated heterocycles. The Hall–Kier alpha value is -1.69. The Bertz CT molecular complexity index is 357. The van der Waals surface area contributed by atoms with E-state index in [0.717, 1.165) is 12.8 Å². The zero-order valence-corrected chi connectivity index (χ0v) is 8.83. The van der Waals surface area contributed by atoms with Gasteiger partial charge in [0.2, 0.25) is 0 Å². The molecule has 1 aromatic heterocycles. The molecular formula is C10H14N4O2. The predicted octanol–water partition coefficient (Wildman–Crippen LogP) is 0.465. The van der Waals surface area contributed by atoms with E-state index in [1.54, 1.807) is 23.2 Å². The summed E-state index contributed by atoms with van der Waals surface area (Å²) in [6, 6.07) is 3.08. The zero-order valence-electron chi connectivity index (χ0n) is 8.83. The van der Waals surface area contributed by atoms with Gasteiger partial charge < -0.3 is 10.0 Å². The number of amides is 2. The number of carbonyl (C=O) groups excluding carboxylic acids is 1. The summed E-state index contributed by atoms with van der Waals surface area (Å²) in [6.45, 7) is 0.686. The highest BCUT2D eigenvalue weighted by Crippen LogP contribution is 2.17. The maximum absolute atomic E-state index is 11.8. The Balaban J connectivity index is 1.98. The molecular weight excluding hydrogens is 208 g/mol. The van der Waals surface area contributed by atoms with Crippen molar-refractivity contribution in [2.45, 2.75) is 18.9 Å². The van der Waals surface area contributed by atoms with Gasteiger partial charge in [0.1, 0.15) is 0 Å².